The lowest BCUT2D eigenvalue weighted by atomic mass is 9.86. The molecule has 1 aliphatic rings. The van der Waals surface area contributed by atoms with Crippen LogP contribution in [0, 0.1) is 0 Å². The Morgan fingerprint density at radius 3 is 2.48 bits per heavy atom. The van der Waals surface area contributed by atoms with E-state index in [1.54, 1.807) is 4.90 Å². The summed E-state index contributed by atoms with van der Waals surface area (Å²) in [6.45, 7) is 9.12. The van der Waals surface area contributed by atoms with Crippen molar-refractivity contribution in [2.45, 2.75) is 58.8 Å². The van der Waals surface area contributed by atoms with Crippen molar-refractivity contribution in [1.82, 2.24) is 10.3 Å². The van der Waals surface area contributed by atoms with Crippen LogP contribution in [0.2, 0.25) is 0 Å². The van der Waals surface area contributed by atoms with Crippen LogP contribution in [0.15, 0.2) is 29.4 Å². The summed E-state index contributed by atoms with van der Waals surface area (Å²) in [7, 11) is 0. The predicted molar refractivity (Wildman–Crippen MR) is 101 cm³/mol. The van der Waals surface area contributed by atoms with Crippen LogP contribution in [-0.4, -0.2) is 35.5 Å². The smallest absolute Gasteiger partial charge is 0.259 e. The number of nitrogens with zero attached hydrogens (tertiary/aromatic N) is 2. The van der Waals surface area contributed by atoms with Crippen molar-refractivity contribution in [2.75, 3.05) is 13.1 Å². The summed E-state index contributed by atoms with van der Waals surface area (Å²) in [6.07, 6.45) is 3.46. The van der Waals surface area contributed by atoms with Crippen molar-refractivity contribution in [3.63, 3.8) is 0 Å². The van der Waals surface area contributed by atoms with Crippen LogP contribution < -0.4 is 5.43 Å². The fourth-order valence-corrected chi connectivity index (χ4v) is 2.84. The van der Waals surface area contributed by atoms with Crippen molar-refractivity contribution < 1.29 is 9.59 Å². The van der Waals surface area contributed by atoms with Crippen molar-refractivity contribution in [1.29, 1.82) is 0 Å². The van der Waals surface area contributed by atoms with Gasteiger partial charge >= 0.3 is 0 Å². The predicted octanol–water partition coefficient (Wildman–Crippen LogP) is 3.23. The number of carbonyl (C=O) groups excluding carboxylic acids is 2. The molecular weight excluding hydrogens is 314 g/mol. The zero-order valence-electron chi connectivity index (χ0n) is 15.8. The number of rotatable bonds is 4. The second-order valence-electron chi connectivity index (χ2n) is 7.69. The molecule has 1 saturated heterocycles. The quantitative estimate of drug-likeness (QED) is 0.674. The number of hydrogen-bond donors (Lipinski definition) is 1. The van der Waals surface area contributed by atoms with Crippen LogP contribution in [0.25, 0.3) is 0 Å². The summed E-state index contributed by atoms with van der Waals surface area (Å²) >= 11 is 0. The van der Waals surface area contributed by atoms with Crippen molar-refractivity contribution in [3.8, 4) is 0 Å². The monoisotopic (exact) mass is 343 g/mol. The standard InChI is InChI=1S/C20H29N3O2/c1-15(16-9-11-17(12-10-16)20(2,3)4)21-22-18(24)14-23-13-7-5-6-8-19(23)25/h9-12H,5-8,13-14H2,1-4H3,(H,22,24)/b21-15-. The molecule has 5 nitrogen and oxygen atoms in total. The van der Waals surface area contributed by atoms with Crippen molar-refractivity contribution in [3.05, 3.63) is 35.4 Å². The molecule has 136 valence electrons. The van der Waals surface area contributed by atoms with E-state index in [1.807, 2.05) is 19.1 Å². The SMILES string of the molecule is C/C(=N/NC(=O)CN1CCCCCC1=O)c1ccc(C(C)(C)C)cc1. The lowest BCUT2D eigenvalue weighted by molar-refractivity contribution is -0.135. The highest BCUT2D eigenvalue weighted by Crippen LogP contribution is 2.22. The Balaban J connectivity index is 1.93. The summed E-state index contributed by atoms with van der Waals surface area (Å²) in [4.78, 5) is 25.6. The minimum atomic E-state index is -0.249. The molecule has 1 aromatic carbocycles. The Labute approximate surface area is 150 Å². The molecule has 0 aliphatic carbocycles. The van der Waals surface area contributed by atoms with Gasteiger partial charge in [0, 0.05) is 13.0 Å². The maximum atomic E-state index is 12.1. The molecule has 25 heavy (non-hydrogen) atoms. The van der Waals surface area contributed by atoms with Gasteiger partial charge in [0.2, 0.25) is 5.91 Å². The average molecular weight is 343 g/mol. The van der Waals surface area contributed by atoms with Gasteiger partial charge in [-0.15, -0.1) is 0 Å². The third kappa shape index (κ3) is 5.69. The highest BCUT2D eigenvalue weighted by Gasteiger charge is 2.19. The minimum absolute atomic E-state index is 0.0612. The molecule has 2 amide bonds. The summed E-state index contributed by atoms with van der Waals surface area (Å²) in [5.41, 5.74) is 5.65. The number of amides is 2. The molecule has 0 radical (unpaired) electrons. The Hall–Kier alpha value is -2.17. The number of likely N-dealkylation sites (tertiary alicyclic amines) is 1. The number of hydrogen-bond acceptors (Lipinski definition) is 3. The van der Waals surface area contributed by atoms with E-state index in [0.717, 1.165) is 30.5 Å². The van der Waals surface area contributed by atoms with Crippen LogP contribution in [-0.2, 0) is 15.0 Å². The summed E-state index contributed by atoms with van der Waals surface area (Å²) in [6, 6.07) is 8.21. The first kappa shape index (κ1) is 19.2. The molecular formula is C20H29N3O2. The van der Waals surface area contributed by atoms with Gasteiger partial charge in [-0.05, 0) is 36.3 Å². The third-order valence-corrected chi connectivity index (χ3v) is 4.52. The van der Waals surface area contributed by atoms with Crippen LogP contribution in [0.3, 0.4) is 0 Å². The van der Waals surface area contributed by atoms with Gasteiger partial charge in [-0.2, -0.15) is 5.10 Å². The first-order chi connectivity index (χ1) is 11.8. The number of nitrogens with one attached hydrogen (secondary N) is 1. The van der Waals surface area contributed by atoms with Crippen LogP contribution in [0.1, 0.15) is 64.5 Å². The molecule has 2 rings (SSSR count). The second-order valence-corrected chi connectivity index (χ2v) is 7.69. The molecule has 0 aromatic heterocycles. The molecule has 1 aliphatic heterocycles. The van der Waals surface area contributed by atoms with Gasteiger partial charge in [-0.3, -0.25) is 9.59 Å². The second kappa shape index (κ2) is 8.28. The summed E-state index contributed by atoms with van der Waals surface area (Å²) < 4.78 is 0. The van der Waals surface area contributed by atoms with E-state index >= 15 is 0 Å². The molecule has 1 N–H and O–H groups in total. The Morgan fingerprint density at radius 2 is 1.84 bits per heavy atom. The summed E-state index contributed by atoms with van der Waals surface area (Å²) in [5.74, 6) is -0.188. The minimum Gasteiger partial charge on any atom is -0.333 e. The Bertz CT molecular complexity index is 642. The van der Waals surface area contributed by atoms with E-state index < -0.39 is 0 Å². The van der Waals surface area contributed by atoms with E-state index in [4.69, 9.17) is 0 Å². The Kier molecular flexibility index (Phi) is 6.34. The largest absolute Gasteiger partial charge is 0.333 e. The number of benzene rings is 1. The van der Waals surface area contributed by atoms with Crippen LogP contribution in [0.5, 0.6) is 0 Å². The molecule has 1 fully saturated rings. The van der Waals surface area contributed by atoms with Gasteiger partial charge in [-0.1, -0.05) is 51.5 Å². The molecule has 5 heteroatoms. The zero-order chi connectivity index (χ0) is 18.4. The van der Waals surface area contributed by atoms with Gasteiger partial charge in [0.15, 0.2) is 0 Å². The van der Waals surface area contributed by atoms with E-state index in [0.29, 0.717) is 13.0 Å². The molecule has 0 spiro atoms. The topological polar surface area (TPSA) is 61.8 Å². The molecule has 0 atom stereocenters. The van der Waals surface area contributed by atoms with Gasteiger partial charge in [-0.25, -0.2) is 5.43 Å². The van der Waals surface area contributed by atoms with Crippen molar-refractivity contribution >= 4 is 17.5 Å². The van der Waals surface area contributed by atoms with E-state index in [-0.39, 0.29) is 23.8 Å². The highest BCUT2D eigenvalue weighted by molar-refractivity contribution is 5.99. The van der Waals surface area contributed by atoms with Crippen LogP contribution in [0.4, 0.5) is 0 Å². The lowest BCUT2D eigenvalue weighted by Crippen LogP contribution is -2.39. The van der Waals surface area contributed by atoms with Crippen molar-refractivity contribution in [2.24, 2.45) is 5.10 Å². The average Bonchev–Trinajstić information content (AvgIpc) is 2.77. The fraction of sp³-hybridized carbons (Fsp3) is 0.550. The van der Waals surface area contributed by atoms with Gasteiger partial charge in [0.1, 0.15) is 6.54 Å². The molecule has 0 unspecified atom stereocenters. The maximum absolute atomic E-state index is 12.1. The van der Waals surface area contributed by atoms with Crippen LogP contribution >= 0.6 is 0 Å². The van der Waals surface area contributed by atoms with Gasteiger partial charge in [0.05, 0.1) is 5.71 Å². The zero-order valence-corrected chi connectivity index (χ0v) is 15.8. The van der Waals surface area contributed by atoms with Gasteiger partial charge < -0.3 is 4.90 Å². The third-order valence-electron chi connectivity index (χ3n) is 4.52. The lowest BCUT2D eigenvalue weighted by Gasteiger charge is -2.19. The van der Waals surface area contributed by atoms with E-state index in [9.17, 15) is 9.59 Å². The highest BCUT2D eigenvalue weighted by atomic mass is 16.2. The van der Waals surface area contributed by atoms with E-state index in [1.165, 1.54) is 5.56 Å². The van der Waals surface area contributed by atoms with E-state index in [2.05, 4.69) is 43.4 Å². The Morgan fingerprint density at radius 1 is 1.16 bits per heavy atom. The molecule has 0 bridgehead atoms. The molecule has 1 aromatic rings. The maximum Gasteiger partial charge on any atom is 0.259 e. The normalized spacial score (nSPS) is 16.6. The first-order valence-corrected chi connectivity index (χ1v) is 8.99. The first-order valence-electron chi connectivity index (χ1n) is 8.99. The summed E-state index contributed by atoms with van der Waals surface area (Å²) in [5, 5.41) is 4.18. The molecule has 1 heterocycles. The number of carbonyl (C=O) groups is 2. The fourth-order valence-electron chi connectivity index (χ4n) is 2.84. The molecule has 0 saturated carbocycles. The number of hydrazone groups is 1. The van der Waals surface area contributed by atoms with Gasteiger partial charge in [0.25, 0.3) is 5.91 Å².